The fourth-order valence-corrected chi connectivity index (χ4v) is 3.91. The molecule has 0 aliphatic carbocycles. The van der Waals surface area contributed by atoms with Gasteiger partial charge in [-0.2, -0.15) is 4.98 Å². The molecule has 0 aromatic carbocycles. The summed E-state index contributed by atoms with van der Waals surface area (Å²) in [7, 11) is 0. The third-order valence-corrected chi connectivity index (χ3v) is 5.33. The van der Waals surface area contributed by atoms with Crippen molar-refractivity contribution in [2.75, 3.05) is 13.1 Å². The van der Waals surface area contributed by atoms with Crippen molar-refractivity contribution in [3.05, 3.63) is 33.4 Å². The predicted octanol–water partition coefficient (Wildman–Crippen LogP) is 2.83. The van der Waals surface area contributed by atoms with E-state index in [9.17, 15) is 4.79 Å². The summed E-state index contributed by atoms with van der Waals surface area (Å²) < 4.78 is 7.37. The average Bonchev–Trinajstić information content (AvgIpc) is 3.34. The Morgan fingerprint density at radius 2 is 2.32 bits per heavy atom. The topological polar surface area (TPSA) is 89.9 Å². The van der Waals surface area contributed by atoms with E-state index >= 15 is 0 Å². The van der Waals surface area contributed by atoms with Crippen LogP contribution >= 0.6 is 22.9 Å². The largest absolute Gasteiger partial charge is 0.339 e. The van der Waals surface area contributed by atoms with Crippen LogP contribution in [-0.4, -0.2) is 49.0 Å². The second-order valence-electron chi connectivity index (χ2n) is 5.87. The van der Waals surface area contributed by atoms with Gasteiger partial charge < -0.3 is 9.42 Å². The first-order chi connectivity index (χ1) is 12.1. The fraction of sp³-hybridized carbons (Fsp3) is 0.400. The van der Waals surface area contributed by atoms with Crippen molar-refractivity contribution in [2.45, 2.75) is 25.8 Å². The van der Waals surface area contributed by atoms with E-state index in [1.54, 1.807) is 29.9 Å². The van der Waals surface area contributed by atoms with E-state index in [1.807, 2.05) is 4.90 Å². The summed E-state index contributed by atoms with van der Waals surface area (Å²) in [5, 5.41) is 12.2. The molecule has 1 fully saturated rings. The van der Waals surface area contributed by atoms with Crippen LogP contribution in [0.1, 0.15) is 34.4 Å². The van der Waals surface area contributed by atoms with Crippen LogP contribution in [0.25, 0.3) is 11.5 Å². The Bertz CT molecular complexity index is 903. The molecule has 25 heavy (non-hydrogen) atoms. The van der Waals surface area contributed by atoms with Gasteiger partial charge in [0, 0.05) is 20.0 Å². The van der Waals surface area contributed by atoms with Crippen LogP contribution in [0, 0.1) is 6.92 Å². The maximum absolute atomic E-state index is 12.6. The average molecular weight is 379 g/mol. The van der Waals surface area contributed by atoms with Gasteiger partial charge in [0.1, 0.15) is 0 Å². The van der Waals surface area contributed by atoms with Gasteiger partial charge in [-0.3, -0.25) is 4.79 Å². The number of rotatable bonds is 3. The van der Waals surface area contributed by atoms with Crippen LogP contribution < -0.4 is 0 Å². The Labute approximate surface area is 152 Å². The number of amides is 1. The Morgan fingerprint density at radius 1 is 1.44 bits per heavy atom. The Balaban J connectivity index is 1.50. The van der Waals surface area contributed by atoms with E-state index in [4.69, 9.17) is 16.1 Å². The summed E-state index contributed by atoms with van der Waals surface area (Å²) in [6, 6.07) is 3.59. The summed E-state index contributed by atoms with van der Waals surface area (Å²) in [6.45, 7) is 3.04. The second kappa shape index (κ2) is 6.57. The van der Waals surface area contributed by atoms with Gasteiger partial charge in [-0.05, 0) is 25.0 Å². The number of carbonyl (C=O) groups is 1. The Hall–Kier alpha value is -2.26. The minimum Gasteiger partial charge on any atom is -0.339 e. The van der Waals surface area contributed by atoms with Crippen LogP contribution in [0.4, 0.5) is 0 Å². The van der Waals surface area contributed by atoms with Crippen molar-refractivity contribution < 1.29 is 9.32 Å². The van der Waals surface area contributed by atoms with Crippen LogP contribution in [0.5, 0.6) is 0 Å². The van der Waals surface area contributed by atoms with Gasteiger partial charge in [0.25, 0.3) is 5.91 Å². The highest BCUT2D eigenvalue weighted by Crippen LogP contribution is 2.27. The molecule has 0 radical (unpaired) electrons. The molecule has 3 aromatic heterocycles. The zero-order chi connectivity index (χ0) is 17.4. The summed E-state index contributed by atoms with van der Waals surface area (Å²) in [5.74, 6) is 0.907. The molecule has 0 spiro atoms. The second-order valence-corrected chi connectivity index (χ2v) is 7.59. The lowest BCUT2D eigenvalue weighted by molar-refractivity contribution is 0.0677. The van der Waals surface area contributed by atoms with Crippen molar-refractivity contribution in [3.8, 4) is 11.5 Å². The molecule has 8 nitrogen and oxygen atoms in total. The maximum Gasteiger partial charge on any atom is 0.264 e. The molecule has 0 N–H and O–H groups in total. The summed E-state index contributed by atoms with van der Waals surface area (Å²) in [6.07, 6.45) is 3.64. The smallest absolute Gasteiger partial charge is 0.264 e. The molecule has 0 saturated carbocycles. The number of halogens is 1. The Kier molecular flexibility index (Phi) is 4.26. The van der Waals surface area contributed by atoms with E-state index in [2.05, 4.69) is 20.5 Å². The van der Waals surface area contributed by atoms with Crippen molar-refractivity contribution in [1.29, 1.82) is 0 Å². The fourth-order valence-electron chi connectivity index (χ4n) is 2.90. The molecule has 4 heterocycles. The first-order valence-electron chi connectivity index (χ1n) is 7.87. The number of piperidine rings is 1. The van der Waals surface area contributed by atoms with Gasteiger partial charge in [-0.15, -0.1) is 16.4 Å². The highest BCUT2D eigenvalue weighted by Gasteiger charge is 2.27. The molecule has 3 aromatic rings. The summed E-state index contributed by atoms with van der Waals surface area (Å²) in [5.41, 5.74) is 0.560. The summed E-state index contributed by atoms with van der Waals surface area (Å²) >= 11 is 7.24. The van der Waals surface area contributed by atoms with Crippen LogP contribution in [0.3, 0.4) is 0 Å². The summed E-state index contributed by atoms with van der Waals surface area (Å²) in [4.78, 5) is 19.3. The number of carbonyl (C=O) groups excluding carboxylic acids is 1. The molecular weight excluding hydrogens is 364 g/mol. The lowest BCUT2D eigenvalue weighted by atomic mass is 10.1. The number of nitrogens with zero attached hydrogens (tertiary/aromatic N) is 6. The van der Waals surface area contributed by atoms with Gasteiger partial charge in [0.05, 0.1) is 21.5 Å². The normalized spacial score (nSPS) is 17.8. The molecule has 1 aliphatic heterocycles. The number of thiophene rings is 1. The molecule has 0 unspecified atom stereocenters. The third kappa shape index (κ3) is 3.29. The molecule has 1 aliphatic rings. The number of aromatic nitrogens is 5. The van der Waals surface area contributed by atoms with Crippen molar-refractivity contribution in [2.24, 2.45) is 0 Å². The molecule has 1 amide bonds. The van der Waals surface area contributed by atoms with Crippen molar-refractivity contribution >= 4 is 28.8 Å². The van der Waals surface area contributed by atoms with E-state index in [0.29, 0.717) is 33.2 Å². The minimum atomic E-state index is 0.00994. The predicted molar refractivity (Wildman–Crippen MR) is 91.6 cm³/mol. The SMILES string of the molecule is Cc1nc(-c2cn([C@H]3CCCN(C(=O)c4ccc(Cl)s4)C3)nn2)no1. The van der Waals surface area contributed by atoms with Crippen LogP contribution in [-0.2, 0) is 0 Å². The maximum atomic E-state index is 12.6. The first kappa shape index (κ1) is 16.2. The Morgan fingerprint density at radius 3 is 3.04 bits per heavy atom. The molecule has 130 valence electrons. The van der Waals surface area contributed by atoms with Gasteiger partial charge in [0.2, 0.25) is 11.7 Å². The third-order valence-electron chi connectivity index (χ3n) is 4.11. The number of hydrogen-bond donors (Lipinski definition) is 0. The zero-order valence-corrected chi connectivity index (χ0v) is 15.0. The number of hydrogen-bond acceptors (Lipinski definition) is 7. The van der Waals surface area contributed by atoms with E-state index in [-0.39, 0.29) is 11.9 Å². The van der Waals surface area contributed by atoms with Crippen LogP contribution in [0.2, 0.25) is 4.34 Å². The molecule has 10 heteroatoms. The molecule has 1 atom stereocenters. The van der Waals surface area contributed by atoms with Gasteiger partial charge >= 0.3 is 0 Å². The molecule has 4 rings (SSSR count). The molecular formula is C15H15ClN6O2S. The monoisotopic (exact) mass is 378 g/mol. The quantitative estimate of drug-likeness (QED) is 0.696. The minimum absolute atomic E-state index is 0.00994. The number of likely N-dealkylation sites (tertiary alicyclic amines) is 1. The molecule has 0 bridgehead atoms. The van der Waals surface area contributed by atoms with E-state index < -0.39 is 0 Å². The lowest BCUT2D eigenvalue weighted by Gasteiger charge is -2.32. The van der Waals surface area contributed by atoms with Crippen LogP contribution in [0.15, 0.2) is 22.9 Å². The van der Waals surface area contributed by atoms with Gasteiger partial charge in [-0.1, -0.05) is 22.0 Å². The molecule has 1 saturated heterocycles. The zero-order valence-electron chi connectivity index (χ0n) is 13.4. The first-order valence-corrected chi connectivity index (χ1v) is 9.07. The van der Waals surface area contributed by atoms with Crippen molar-refractivity contribution in [1.82, 2.24) is 30.0 Å². The van der Waals surface area contributed by atoms with Crippen molar-refractivity contribution in [3.63, 3.8) is 0 Å². The standard InChI is InChI=1S/C15H15ClN6O2S/c1-9-17-14(19-24-9)11-8-22(20-18-11)10-3-2-6-21(7-10)15(23)12-4-5-13(16)25-12/h4-5,8,10H,2-3,6-7H2,1H3/t10-/m0/s1. The lowest BCUT2D eigenvalue weighted by Crippen LogP contribution is -2.40. The number of aryl methyl sites for hydroxylation is 1. The van der Waals surface area contributed by atoms with Gasteiger partial charge in [-0.25, -0.2) is 4.68 Å². The highest BCUT2D eigenvalue weighted by atomic mass is 35.5. The highest BCUT2D eigenvalue weighted by molar-refractivity contribution is 7.17. The van der Waals surface area contributed by atoms with Gasteiger partial charge in [0.15, 0.2) is 5.69 Å². The van der Waals surface area contributed by atoms with E-state index in [1.165, 1.54) is 11.3 Å². The van der Waals surface area contributed by atoms with E-state index in [0.717, 1.165) is 19.4 Å².